The predicted octanol–water partition coefficient (Wildman–Crippen LogP) is 3.74. The van der Waals surface area contributed by atoms with Crippen LogP contribution in [0.3, 0.4) is 0 Å². The number of carbonyl (C=O) groups is 1. The molecule has 1 fully saturated rings. The summed E-state index contributed by atoms with van der Waals surface area (Å²) in [6.45, 7) is 3.80. The summed E-state index contributed by atoms with van der Waals surface area (Å²) < 4.78 is 15.6. The second-order valence-corrected chi connectivity index (χ2v) is 6.88. The first-order valence-corrected chi connectivity index (χ1v) is 8.80. The standard InChI is InChI=1S/C17H21N3O3S/c1-10-16(11(2)24-20-10)19-17(21)13-8-14(15(22-3)9-18-13)23-12-6-4-5-7-12/h8-9,12H,4-7H2,1-3H3,(H,19,21). The number of ether oxygens (including phenoxy) is 2. The molecule has 0 aromatic carbocycles. The lowest BCUT2D eigenvalue weighted by atomic mass is 10.2. The molecule has 0 atom stereocenters. The Morgan fingerprint density at radius 2 is 2.04 bits per heavy atom. The van der Waals surface area contributed by atoms with Crippen molar-refractivity contribution in [3.05, 3.63) is 28.5 Å². The number of hydrogen-bond acceptors (Lipinski definition) is 6. The predicted molar refractivity (Wildman–Crippen MR) is 93.2 cm³/mol. The molecule has 1 N–H and O–H groups in total. The van der Waals surface area contributed by atoms with E-state index in [-0.39, 0.29) is 12.0 Å². The van der Waals surface area contributed by atoms with Crippen molar-refractivity contribution in [2.75, 3.05) is 12.4 Å². The summed E-state index contributed by atoms with van der Waals surface area (Å²) in [5.74, 6) is 0.838. The van der Waals surface area contributed by atoms with E-state index in [0.717, 1.165) is 29.1 Å². The first-order chi connectivity index (χ1) is 11.6. The summed E-state index contributed by atoms with van der Waals surface area (Å²) in [6, 6.07) is 1.65. The first kappa shape index (κ1) is 16.7. The third-order valence-electron chi connectivity index (χ3n) is 4.15. The Morgan fingerprint density at radius 1 is 1.29 bits per heavy atom. The van der Waals surface area contributed by atoms with Crippen LogP contribution in [-0.2, 0) is 0 Å². The fraction of sp³-hybridized carbons (Fsp3) is 0.471. The van der Waals surface area contributed by atoms with Crippen LogP contribution in [0.5, 0.6) is 11.5 Å². The molecule has 3 rings (SSSR count). The van der Waals surface area contributed by atoms with Gasteiger partial charge in [0.1, 0.15) is 5.69 Å². The van der Waals surface area contributed by atoms with Gasteiger partial charge < -0.3 is 14.8 Å². The quantitative estimate of drug-likeness (QED) is 0.892. The normalized spacial score (nSPS) is 14.6. The van der Waals surface area contributed by atoms with Crippen molar-refractivity contribution >= 4 is 23.1 Å². The van der Waals surface area contributed by atoms with E-state index in [4.69, 9.17) is 9.47 Å². The molecule has 0 bridgehead atoms. The van der Waals surface area contributed by atoms with E-state index >= 15 is 0 Å². The average molecular weight is 347 g/mol. The number of nitrogens with one attached hydrogen (secondary N) is 1. The fourth-order valence-corrected chi connectivity index (χ4v) is 3.47. The van der Waals surface area contributed by atoms with E-state index in [1.165, 1.54) is 30.6 Å². The molecule has 1 amide bonds. The minimum atomic E-state index is -0.277. The smallest absolute Gasteiger partial charge is 0.274 e. The molecular weight excluding hydrogens is 326 g/mol. The lowest BCUT2D eigenvalue weighted by molar-refractivity contribution is 0.102. The highest BCUT2D eigenvalue weighted by Crippen LogP contribution is 2.32. The number of nitrogens with zero attached hydrogens (tertiary/aromatic N) is 2. The number of hydrogen-bond donors (Lipinski definition) is 1. The maximum Gasteiger partial charge on any atom is 0.274 e. The van der Waals surface area contributed by atoms with Gasteiger partial charge in [0.05, 0.1) is 30.8 Å². The van der Waals surface area contributed by atoms with Crippen LogP contribution in [0.2, 0.25) is 0 Å². The first-order valence-electron chi connectivity index (χ1n) is 8.03. The molecule has 0 aliphatic heterocycles. The highest BCUT2D eigenvalue weighted by Gasteiger charge is 2.21. The van der Waals surface area contributed by atoms with Gasteiger partial charge in [-0.2, -0.15) is 4.37 Å². The van der Waals surface area contributed by atoms with E-state index in [2.05, 4.69) is 14.7 Å². The van der Waals surface area contributed by atoms with Gasteiger partial charge in [0.15, 0.2) is 11.5 Å². The molecular formula is C17H21N3O3S. The molecule has 1 saturated carbocycles. The van der Waals surface area contributed by atoms with Crippen molar-refractivity contribution in [2.24, 2.45) is 0 Å². The van der Waals surface area contributed by atoms with Gasteiger partial charge in [0, 0.05) is 10.9 Å². The third-order valence-corrected chi connectivity index (χ3v) is 4.99. The molecule has 1 aliphatic carbocycles. The highest BCUT2D eigenvalue weighted by atomic mass is 32.1. The third kappa shape index (κ3) is 3.51. The molecule has 2 heterocycles. The van der Waals surface area contributed by atoms with Gasteiger partial charge in [-0.1, -0.05) is 0 Å². The van der Waals surface area contributed by atoms with Gasteiger partial charge >= 0.3 is 0 Å². The van der Waals surface area contributed by atoms with Crippen LogP contribution in [0, 0.1) is 13.8 Å². The second-order valence-electron chi connectivity index (χ2n) is 5.90. The number of anilines is 1. The summed E-state index contributed by atoms with van der Waals surface area (Å²) in [6.07, 6.45) is 6.13. The molecule has 2 aromatic rings. The zero-order valence-electron chi connectivity index (χ0n) is 14.1. The molecule has 6 nitrogen and oxygen atoms in total. The SMILES string of the molecule is COc1cnc(C(=O)Nc2c(C)nsc2C)cc1OC1CCCC1. The summed E-state index contributed by atoms with van der Waals surface area (Å²) in [7, 11) is 1.57. The van der Waals surface area contributed by atoms with Crippen molar-refractivity contribution in [1.82, 2.24) is 9.36 Å². The molecule has 7 heteroatoms. The molecule has 128 valence electrons. The molecule has 24 heavy (non-hydrogen) atoms. The molecule has 0 radical (unpaired) electrons. The summed E-state index contributed by atoms with van der Waals surface area (Å²) >= 11 is 1.37. The van der Waals surface area contributed by atoms with E-state index < -0.39 is 0 Å². The van der Waals surface area contributed by atoms with Gasteiger partial charge in [-0.3, -0.25) is 4.79 Å². The van der Waals surface area contributed by atoms with Crippen LogP contribution in [0.25, 0.3) is 0 Å². The number of aryl methyl sites for hydroxylation is 2. The number of methoxy groups -OCH3 is 1. The van der Waals surface area contributed by atoms with Crippen molar-refractivity contribution in [3.63, 3.8) is 0 Å². The zero-order valence-corrected chi connectivity index (χ0v) is 14.9. The van der Waals surface area contributed by atoms with Crippen molar-refractivity contribution in [3.8, 4) is 11.5 Å². The van der Waals surface area contributed by atoms with Crippen LogP contribution in [0.15, 0.2) is 12.3 Å². The Balaban J connectivity index is 1.81. The number of rotatable bonds is 5. The maximum absolute atomic E-state index is 12.5. The van der Waals surface area contributed by atoms with Crippen LogP contribution in [-0.4, -0.2) is 28.5 Å². The van der Waals surface area contributed by atoms with E-state index in [1.807, 2.05) is 13.8 Å². The molecule has 0 spiro atoms. The minimum Gasteiger partial charge on any atom is -0.491 e. The Labute approximate surface area is 145 Å². The number of amides is 1. The average Bonchev–Trinajstić information content (AvgIpc) is 3.20. The summed E-state index contributed by atoms with van der Waals surface area (Å²) in [5, 5.41) is 2.88. The second kappa shape index (κ2) is 7.17. The Hall–Kier alpha value is -2.15. The monoisotopic (exact) mass is 347 g/mol. The summed E-state index contributed by atoms with van der Waals surface area (Å²) in [5.41, 5.74) is 1.86. The Morgan fingerprint density at radius 3 is 2.67 bits per heavy atom. The molecule has 0 unspecified atom stereocenters. The molecule has 0 saturated heterocycles. The number of aromatic nitrogens is 2. The van der Waals surface area contributed by atoms with Gasteiger partial charge in [-0.25, -0.2) is 4.98 Å². The van der Waals surface area contributed by atoms with Gasteiger partial charge in [-0.15, -0.1) is 0 Å². The van der Waals surface area contributed by atoms with Crippen LogP contribution >= 0.6 is 11.5 Å². The van der Waals surface area contributed by atoms with Crippen molar-refractivity contribution < 1.29 is 14.3 Å². The van der Waals surface area contributed by atoms with Crippen molar-refractivity contribution in [1.29, 1.82) is 0 Å². The molecule has 1 aliphatic rings. The Bertz CT molecular complexity index is 719. The van der Waals surface area contributed by atoms with Gasteiger partial charge in [0.25, 0.3) is 5.91 Å². The van der Waals surface area contributed by atoms with Gasteiger partial charge in [-0.05, 0) is 51.1 Å². The molecule has 2 aromatic heterocycles. The lowest BCUT2D eigenvalue weighted by Crippen LogP contribution is -2.16. The van der Waals surface area contributed by atoms with Crippen LogP contribution in [0.4, 0.5) is 5.69 Å². The fourth-order valence-electron chi connectivity index (χ4n) is 2.82. The van der Waals surface area contributed by atoms with Crippen molar-refractivity contribution in [2.45, 2.75) is 45.6 Å². The van der Waals surface area contributed by atoms with E-state index in [0.29, 0.717) is 17.2 Å². The zero-order chi connectivity index (χ0) is 17.1. The summed E-state index contributed by atoms with van der Waals surface area (Å²) in [4.78, 5) is 17.7. The van der Waals surface area contributed by atoms with Gasteiger partial charge in [0.2, 0.25) is 0 Å². The number of carbonyl (C=O) groups excluding carboxylic acids is 1. The lowest BCUT2D eigenvalue weighted by Gasteiger charge is -2.16. The van der Waals surface area contributed by atoms with E-state index in [9.17, 15) is 4.79 Å². The van der Waals surface area contributed by atoms with Crippen LogP contribution < -0.4 is 14.8 Å². The van der Waals surface area contributed by atoms with E-state index in [1.54, 1.807) is 13.2 Å². The maximum atomic E-state index is 12.5. The minimum absolute atomic E-state index is 0.183. The number of pyridine rings is 1. The highest BCUT2D eigenvalue weighted by molar-refractivity contribution is 7.06. The topological polar surface area (TPSA) is 73.3 Å². The largest absolute Gasteiger partial charge is 0.491 e. The Kier molecular flexibility index (Phi) is 4.99. The van der Waals surface area contributed by atoms with Crippen LogP contribution in [0.1, 0.15) is 46.7 Å².